The zero-order valence-corrected chi connectivity index (χ0v) is 15.0. The van der Waals surface area contributed by atoms with Crippen LogP contribution < -0.4 is 14.8 Å². The normalized spacial score (nSPS) is 10.7. The Morgan fingerprint density at radius 2 is 1.88 bits per heavy atom. The van der Waals surface area contributed by atoms with E-state index in [1.165, 1.54) is 6.07 Å². The Bertz CT molecular complexity index is 682. The van der Waals surface area contributed by atoms with Gasteiger partial charge in [0.2, 0.25) is 0 Å². The molecule has 0 aliphatic rings. The molecule has 136 valence electrons. The van der Waals surface area contributed by atoms with E-state index >= 15 is 0 Å². The van der Waals surface area contributed by atoms with Gasteiger partial charge in [-0.2, -0.15) is 0 Å². The van der Waals surface area contributed by atoms with E-state index in [2.05, 4.69) is 5.32 Å². The Morgan fingerprint density at radius 1 is 1.12 bits per heavy atom. The number of aliphatic hydroxyl groups excluding tert-OH is 1. The summed E-state index contributed by atoms with van der Waals surface area (Å²) in [4.78, 5) is 0. The predicted molar refractivity (Wildman–Crippen MR) is 96.8 cm³/mol. The molecule has 2 N–H and O–H groups in total. The first-order chi connectivity index (χ1) is 12.2. The van der Waals surface area contributed by atoms with E-state index in [1.54, 1.807) is 24.3 Å². The van der Waals surface area contributed by atoms with Gasteiger partial charge in [0.15, 0.2) is 11.5 Å². The Hall–Kier alpha value is -1.82. The molecule has 0 atom stereocenters. The molecule has 4 nitrogen and oxygen atoms in total. The number of halogens is 2. The molecule has 0 amide bonds. The zero-order valence-electron chi connectivity index (χ0n) is 14.2. The maximum absolute atomic E-state index is 13.7. The standard InChI is InChI=1S/C19H23ClFNO3/c1-2-24-18-10-15(12-22-8-5-9-23)16(20)11-19(18)25-13-14-6-3-4-7-17(14)21/h3-4,6-7,10-11,22-23H,2,5,8-9,12-13H2,1H3. The van der Waals surface area contributed by atoms with Gasteiger partial charge in [0.25, 0.3) is 0 Å². The van der Waals surface area contributed by atoms with Crippen molar-refractivity contribution in [3.8, 4) is 11.5 Å². The molecule has 0 saturated heterocycles. The first kappa shape index (κ1) is 19.5. The van der Waals surface area contributed by atoms with Crippen molar-refractivity contribution in [1.82, 2.24) is 5.32 Å². The molecule has 2 aromatic rings. The fraction of sp³-hybridized carbons (Fsp3) is 0.368. The van der Waals surface area contributed by atoms with Crippen molar-refractivity contribution < 1.29 is 19.0 Å². The van der Waals surface area contributed by atoms with Crippen LogP contribution in [0, 0.1) is 5.82 Å². The number of hydrogen-bond donors (Lipinski definition) is 2. The Labute approximate surface area is 152 Å². The first-order valence-electron chi connectivity index (χ1n) is 8.28. The summed E-state index contributed by atoms with van der Waals surface area (Å²) in [7, 11) is 0. The highest BCUT2D eigenvalue weighted by Gasteiger charge is 2.12. The second-order valence-electron chi connectivity index (χ2n) is 5.46. The second kappa shape index (κ2) is 10.2. The number of hydrogen-bond acceptors (Lipinski definition) is 4. The predicted octanol–water partition coefficient (Wildman–Crippen LogP) is 3.93. The third-order valence-corrected chi connectivity index (χ3v) is 3.93. The van der Waals surface area contributed by atoms with Crippen LogP contribution >= 0.6 is 11.6 Å². The van der Waals surface area contributed by atoms with Crippen molar-refractivity contribution in [2.45, 2.75) is 26.5 Å². The molecule has 0 aliphatic carbocycles. The molecule has 0 aliphatic heterocycles. The van der Waals surface area contributed by atoms with E-state index in [0.717, 1.165) is 5.56 Å². The van der Waals surface area contributed by atoms with Crippen LogP contribution in [0.2, 0.25) is 5.02 Å². The van der Waals surface area contributed by atoms with Gasteiger partial charge in [0.05, 0.1) is 6.61 Å². The van der Waals surface area contributed by atoms with Crippen LogP contribution in [0.5, 0.6) is 11.5 Å². The number of ether oxygens (including phenoxy) is 2. The van der Waals surface area contributed by atoms with Crippen LogP contribution in [0.4, 0.5) is 4.39 Å². The molecule has 0 heterocycles. The van der Waals surface area contributed by atoms with Crippen molar-refractivity contribution >= 4 is 11.6 Å². The summed E-state index contributed by atoms with van der Waals surface area (Å²) < 4.78 is 25.1. The highest BCUT2D eigenvalue weighted by molar-refractivity contribution is 6.31. The SMILES string of the molecule is CCOc1cc(CNCCCO)c(Cl)cc1OCc1ccccc1F. The molecule has 0 saturated carbocycles. The van der Waals surface area contributed by atoms with Crippen molar-refractivity contribution in [3.05, 3.63) is 58.4 Å². The van der Waals surface area contributed by atoms with E-state index in [-0.39, 0.29) is 19.0 Å². The van der Waals surface area contributed by atoms with Crippen LogP contribution in [0.1, 0.15) is 24.5 Å². The van der Waals surface area contributed by atoms with Crippen LogP contribution in [0.25, 0.3) is 0 Å². The lowest BCUT2D eigenvalue weighted by Gasteiger charge is -2.15. The minimum atomic E-state index is -0.309. The summed E-state index contributed by atoms with van der Waals surface area (Å²) in [5, 5.41) is 12.6. The summed E-state index contributed by atoms with van der Waals surface area (Å²) in [6.07, 6.45) is 0.680. The molecule has 25 heavy (non-hydrogen) atoms. The minimum absolute atomic E-state index is 0.0944. The molecule has 0 fully saturated rings. The van der Waals surface area contributed by atoms with Crippen LogP contribution in [0.15, 0.2) is 36.4 Å². The molecular weight excluding hydrogens is 345 g/mol. The van der Waals surface area contributed by atoms with Gasteiger partial charge < -0.3 is 19.9 Å². The molecule has 0 spiro atoms. The van der Waals surface area contributed by atoms with Crippen molar-refractivity contribution in [3.63, 3.8) is 0 Å². The van der Waals surface area contributed by atoms with Gasteiger partial charge in [-0.15, -0.1) is 0 Å². The summed E-state index contributed by atoms with van der Waals surface area (Å²) in [6, 6.07) is 10.00. The van der Waals surface area contributed by atoms with Gasteiger partial charge in [-0.1, -0.05) is 29.8 Å². The summed E-state index contributed by atoms with van der Waals surface area (Å²) >= 11 is 6.33. The van der Waals surface area contributed by atoms with Gasteiger partial charge in [0.1, 0.15) is 12.4 Å². The topological polar surface area (TPSA) is 50.7 Å². The third kappa shape index (κ3) is 5.88. The van der Waals surface area contributed by atoms with Gasteiger partial charge in [0, 0.05) is 29.8 Å². The number of aliphatic hydroxyl groups is 1. The largest absolute Gasteiger partial charge is 0.490 e. The van der Waals surface area contributed by atoms with Crippen molar-refractivity contribution in [2.24, 2.45) is 0 Å². The van der Waals surface area contributed by atoms with Crippen molar-refractivity contribution in [1.29, 1.82) is 0 Å². The van der Waals surface area contributed by atoms with E-state index in [0.29, 0.717) is 48.2 Å². The number of nitrogens with one attached hydrogen (secondary N) is 1. The molecule has 2 rings (SSSR count). The van der Waals surface area contributed by atoms with Crippen LogP contribution in [-0.4, -0.2) is 24.9 Å². The minimum Gasteiger partial charge on any atom is -0.490 e. The highest BCUT2D eigenvalue weighted by atomic mass is 35.5. The highest BCUT2D eigenvalue weighted by Crippen LogP contribution is 2.34. The molecular formula is C19H23ClFNO3. The van der Waals surface area contributed by atoms with E-state index in [1.807, 2.05) is 13.0 Å². The molecule has 2 aromatic carbocycles. The lowest BCUT2D eigenvalue weighted by atomic mass is 10.2. The zero-order chi connectivity index (χ0) is 18.1. The Kier molecular flexibility index (Phi) is 7.98. The van der Waals surface area contributed by atoms with E-state index in [9.17, 15) is 4.39 Å². The third-order valence-electron chi connectivity index (χ3n) is 3.58. The smallest absolute Gasteiger partial charge is 0.163 e. The Balaban J connectivity index is 2.11. The fourth-order valence-corrected chi connectivity index (χ4v) is 2.51. The first-order valence-corrected chi connectivity index (χ1v) is 8.66. The van der Waals surface area contributed by atoms with E-state index in [4.69, 9.17) is 26.2 Å². The molecule has 0 unspecified atom stereocenters. The average molecular weight is 368 g/mol. The molecule has 0 radical (unpaired) electrons. The Morgan fingerprint density at radius 3 is 2.60 bits per heavy atom. The van der Waals surface area contributed by atoms with Gasteiger partial charge >= 0.3 is 0 Å². The quantitative estimate of drug-likeness (QED) is 0.625. The maximum atomic E-state index is 13.7. The summed E-state index contributed by atoms with van der Waals surface area (Å²) in [6.45, 7) is 3.86. The average Bonchev–Trinajstić information content (AvgIpc) is 2.61. The number of rotatable bonds is 10. The summed E-state index contributed by atoms with van der Waals surface area (Å²) in [5.41, 5.74) is 1.34. The molecule has 0 aromatic heterocycles. The fourth-order valence-electron chi connectivity index (χ4n) is 2.29. The lowest BCUT2D eigenvalue weighted by Crippen LogP contribution is -2.16. The summed E-state index contributed by atoms with van der Waals surface area (Å²) in [5.74, 6) is 0.743. The lowest BCUT2D eigenvalue weighted by molar-refractivity contribution is 0.265. The van der Waals surface area contributed by atoms with Crippen LogP contribution in [0.3, 0.4) is 0 Å². The molecule has 6 heteroatoms. The van der Waals surface area contributed by atoms with Crippen LogP contribution in [-0.2, 0) is 13.2 Å². The van der Waals surface area contributed by atoms with Crippen molar-refractivity contribution in [2.75, 3.05) is 19.8 Å². The van der Waals surface area contributed by atoms with Gasteiger partial charge in [-0.25, -0.2) is 4.39 Å². The molecule has 0 bridgehead atoms. The van der Waals surface area contributed by atoms with Gasteiger partial charge in [-0.3, -0.25) is 0 Å². The monoisotopic (exact) mass is 367 g/mol. The maximum Gasteiger partial charge on any atom is 0.163 e. The number of benzene rings is 2. The van der Waals surface area contributed by atoms with E-state index < -0.39 is 0 Å². The van der Waals surface area contributed by atoms with Gasteiger partial charge in [-0.05, 0) is 37.6 Å². The second-order valence-corrected chi connectivity index (χ2v) is 5.86.